The minimum atomic E-state index is -4.49. The molecular formula is C21H18F3N3O2. The number of piperidine rings is 1. The van der Waals surface area contributed by atoms with Crippen LogP contribution in [0, 0.1) is 17.8 Å². The molecule has 8 heteroatoms. The highest BCUT2D eigenvalue weighted by Crippen LogP contribution is 2.52. The van der Waals surface area contributed by atoms with Crippen LogP contribution in [0.1, 0.15) is 16.1 Å². The van der Waals surface area contributed by atoms with Gasteiger partial charge < -0.3 is 14.6 Å². The molecule has 1 saturated heterocycles. The lowest BCUT2D eigenvalue weighted by Gasteiger charge is -2.20. The summed E-state index contributed by atoms with van der Waals surface area (Å²) >= 11 is 0. The summed E-state index contributed by atoms with van der Waals surface area (Å²) < 4.78 is 43.7. The average Bonchev–Trinajstić information content (AvgIpc) is 3.07. The Bertz CT molecular complexity index is 1070. The third kappa shape index (κ3) is 3.32. The van der Waals surface area contributed by atoms with Crippen molar-refractivity contribution < 1.29 is 22.7 Å². The van der Waals surface area contributed by atoms with E-state index in [4.69, 9.17) is 4.74 Å². The zero-order valence-corrected chi connectivity index (χ0v) is 15.3. The summed E-state index contributed by atoms with van der Waals surface area (Å²) in [5.74, 6) is 0.907. The highest BCUT2D eigenvalue weighted by molar-refractivity contribution is 5.98. The number of rotatable bonds is 4. The van der Waals surface area contributed by atoms with Crippen LogP contribution in [0.5, 0.6) is 5.88 Å². The van der Waals surface area contributed by atoms with Crippen molar-refractivity contribution in [3.63, 3.8) is 0 Å². The van der Waals surface area contributed by atoms with Crippen LogP contribution >= 0.6 is 0 Å². The molecule has 29 heavy (non-hydrogen) atoms. The Morgan fingerprint density at radius 1 is 1.17 bits per heavy atom. The first-order valence-corrected chi connectivity index (χ1v) is 9.43. The number of nitrogens with zero attached hydrogens (tertiary/aromatic N) is 2. The number of likely N-dealkylation sites (tertiary alicyclic amines) is 1. The maximum Gasteiger partial charge on any atom is 0.433 e. The Balaban J connectivity index is 1.17. The summed E-state index contributed by atoms with van der Waals surface area (Å²) in [5.41, 5.74) is 0.629. The van der Waals surface area contributed by atoms with Crippen molar-refractivity contribution in [1.29, 1.82) is 0 Å². The van der Waals surface area contributed by atoms with Gasteiger partial charge in [-0.05, 0) is 41.5 Å². The van der Waals surface area contributed by atoms with Gasteiger partial charge in [-0.3, -0.25) is 4.79 Å². The van der Waals surface area contributed by atoms with Gasteiger partial charge in [-0.25, -0.2) is 4.98 Å². The van der Waals surface area contributed by atoms with E-state index in [2.05, 4.69) is 9.97 Å². The monoisotopic (exact) mass is 401 g/mol. The number of hydrogen-bond donors (Lipinski definition) is 1. The number of aromatic amines is 1. The van der Waals surface area contributed by atoms with E-state index < -0.39 is 11.9 Å². The van der Waals surface area contributed by atoms with E-state index in [-0.39, 0.29) is 17.7 Å². The zero-order valence-electron chi connectivity index (χ0n) is 15.3. The number of alkyl halides is 3. The average molecular weight is 401 g/mol. The highest BCUT2D eigenvalue weighted by atomic mass is 19.4. The van der Waals surface area contributed by atoms with Crippen LogP contribution in [-0.4, -0.2) is 40.5 Å². The summed E-state index contributed by atoms with van der Waals surface area (Å²) in [5, 5.41) is 1.06. The van der Waals surface area contributed by atoms with Crippen molar-refractivity contribution in [2.24, 2.45) is 17.8 Å². The Morgan fingerprint density at radius 2 is 1.97 bits per heavy atom. The van der Waals surface area contributed by atoms with Gasteiger partial charge in [0.25, 0.3) is 5.91 Å². The molecule has 1 aliphatic carbocycles. The minimum Gasteiger partial charge on any atom is -0.477 e. The molecule has 2 fully saturated rings. The molecule has 3 atom stereocenters. The molecule has 2 aliphatic rings. The standard InChI is InChI=1S/C21H18F3N3O2/c22-21(23,24)18-2-1-3-19(26-18)29-11-16-14-9-27(10-15(14)16)20(28)13-5-4-12-6-7-25-17(12)8-13/h1-8,14-16,25H,9-11H2/t14-,15+,16+. The normalized spacial score (nSPS) is 23.3. The minimum absolute atomic E-state index is 0.00733. The van der Waals surface area contributed by atoms with E-state index >= 15 is 0 Å². The summed E-state index contributed by atoms with van der Waals surface area (Å²) in [6.45, 7) is 1.62. The van der Waals surface area contributed by atoms with Crippen LogP contribution in [0.25, 0.3) is 10.9 Å². The zero-order chi connectivity index (χ0) is 20.2. The summed E-state index contributed by atoms with van der Waals surface area (Å²) in [6.07, 6.45) is -2.65. The van der Waals surface area contributed by atoms with Crippen molar-refractivity contribution in [2.75, 3.05) is 19.7 Å². The molecule has 0 bridgehead atoms. The number of H-pyrrole nitrogens is 1. The third-order valence-electron chi connectivity index (χ3n) is 5.90. The molecular weight excluding hydrogens is 383 g/mol. The molecule has 0 unspecified atom stereocenters. The molecule has 2 aromatic heterocycles. The van der Waals surface area contributed by atoms with E-state index in [0.29, 0.717) is 37.1 Å². The first-order valence-electron chi connectivity index (χ1n) is 9.43. The van der Waals surface area contributed by atoms with Crippen LogP contribution in [-0.2, 0) is 6.18 Å². The Kier molecular flexibility index (Phi) is 4.04. The molecule has 0 spiro atoms. The number of benzene rings is 1. The molecule has 5 nitrogen and oxygen atoms in total. The predicted octanol–water partition coefficient (Wildman–Crippen LogP) is 3.98. The van der Waals surface area contributed by atoms with Gasteiger partial charge in [0.05, 0.1) is 6.61 Å². The van der Waals surface area contributed by atoms with Gasteiger partial charge in [0, 0.05) is 42.4 Å². The second-order valence-electron chi connectivity index (χ2n) is 7.65. The fourth-order valence-corrected chi connectivity index (χ4v) is 4.26. The van der Waals surface area contributed by atoms with E-state index in [1.165, 1.54) is 12.1 Å². The summed E-state index contributed by atoms with van der Waals surface area (Å²) in [7, 11) is 0. The van der Waals surface area contributed by atoms with Crippen LogP contribution in [0.2, 0.25) is 0 Å². The van der Waals surface area contributed by atoms with E-state index in [0.717, 1.165) is 17.0 Å². The number of nitrogens with one attached hydrogen (secondary N) is 1. The number of aromatic nitrogens is 2. The van der Waals surface area contributed by atoms with Gasteiger partial charge in [-0.2, -0.15) is 13.2 Å². The molecule has 150 valence electrons. The third-order valence-corrected chi connectivity index (χ3v) is 5.90. The van der Waals surface area contributed by atoms with Gasteiger partial charge in [0.1, 0.15) is 5.69 Å². The quantitative estimate of drug-likeness (QED) is 0.720. The van der Waals surface area contributed by atoms with Crippen LogP contribution in [0.4, 0.5) is 13.2 Å². The van der Waals surface area contributed by atoms with Crippen LogP contribution in [0.3, 0.4) is 0 Å². The SMILES string of the molecule is O=C(c1ccc2cc[nH]c2c1)N1C[C@@H]2[C@@H](COc3cccc(C(F)(F)F)n3)[C@@H]2C1. The van der Waals surface area contributed by atoms with Crippen molar-refractivity contribution in [2.45, 2.75) is 6.18 Å². The first-order chi connectivity index (χ1) is 13.9. The molecule has 3 heterocycles. The predicted molar refractivity (Wildman–Crippen MR) is 99.4 cm³/mol. The number of amides is 1. The fourth-order valence-electron chi connectivity index (χ4n) is 4.26. The van der Waals surface area contributed by atoms with Gasteiger partial charge >= 0.3 is 6.18 Å². The molecule has 3 aromatic rings. The first kappa shape index (κ1) is 18.0. The maximum atomic E-state index is 12.8. The molecule has 5 rings (SSSR count). The van der Waals surface area contributed by atoms with Crippen molar-refractivity contribution in [1.82, 2.24) is 14.9 Å². The van der Waals surface area contributed by atoms with Gasteiger partial charge in [-0.1, -0.05) is 12.1 Å². The smallest absolute Gasteiger partial charge is 0.433 e. The lowest BCUT2D eigenvalue weighted by atomic mass is 10.1. The molecule has 0 radical (unpaired) electrons. The van der Waals surface area contributed by atoms with Gasteiger partial charge in [0.15, 0.2) is 0 Å². The number of fused-ring (bicyclic) bond motifs is 2. The molecule has 1 N–H and O–H groups in total. The second-order valence-corrected chi connectivity index (χ2v) is 7.65. The van der Waals surface area contributed by atoms with E-state index in [1.54, 1.807) is 0 Å². The summed E-state index contributed by atoms with van der Waals surface area (Å²) in [4.78, 5) is 21.2. The van der Waals surface area contributed by atoms with Crippen molar-refractivity contribution in [3.05, 3.63) is 59.9 Å². The van der Waals surface area contributed by atoms with Crippen molar-refractivity contribution >= 4 is 16.8 Å². The summed E-state index contributed by atoms with van der Waals surface area (Å²) in [6, 6.07) is 11.2. The van der Waals surface area contributed by atoms with Crippen molar-refractivity contribution in [3.8, 4) is 5.88 Å². The number of halogens is 3. The van der Waals surface area contributed by atoms with Crippen LogP contribution in [0.15, 0.2) is 48.7 Å². The van der Waals surface area contributed by atoms with Gasteiger partial charge in [-0.15, -0.1) is 0 Å². The number of ether oxygens (including phenoxy) is 1. The highest BCUT2D eigenvalue weighted by Gasteiger charge is 2.56. The lowest BCUT2D eigenvalue weighted by Crippen LogP contribution is -2.32. The van der Waals surface area contributed by atoms with E-state index in [1.807, 2.05) is 35.4 Å². The molecule has 1 saturated carbocycles. The number of carbonyl (C=O) groups is 1. The molecule has 1 aromatic carbocycles. The van der Waals surface area contributed by atoms with E-state index in [9.17, 15) is 18.0 Å². The maximum absolute atomic E-state index is 12.8. The lowest BCUT2D eigenvalue weighted by molar-refractivity contribution is -0.141. The second kappa shape index (κ2) is 6.50. The molecule has 1 aliphatic heterocycles. The Hall–Kier alpha value is -3.03. The van der Waals surface area contributed by atoms with Gasteiger partial charge in [0.2, 0.25) is 5.88 Å². The number of hydrogen-bond acceptors (Lipinski definition) is 3. The Morgan fingerprint density at radius 3 is 2.72 bits per heavy atom. The topological polar surface area (TPSA) is 58.2 Å². The molecule has 1 amide bonds. The number of carbonyl (C=O) groups excluding carboxylic acids is 1. The largest absolute Gasteiger partial charge is 0.477 e. The number of pyridine rings is 1. The fraction of sp³-hybridized carbons (Fsp3) is 0.333. The van der Waals surface area contributed by atoms with Crippen LogP contribution < -0.4 is 4.74 Å². The Labute approximate surface area is 164 Å².